The van der Waals surface area contributed by atoms with Crippen LogP contribution in [0.2, 0.25) is 0 Å². The van der Waals surface area contributed by atoms with Gasteiger partial charge in [-0.05, 0) is 55.5 Å². The molecule has 0 saturated carbocycles. The number of benzene rings is 2. The van der Waals surface area contributed by atoms with E-state index in [-0.39, 0.29) is 18.3 Å². The van der Waals surface area contributed by atoms with Crippen LogP contribution in [0.15, 0.2) is 42.5 Å². The van der Waals surface area contributed by atoms with Crippen LogP contribution in [-0.2, 0) is 11.2 Å². The van der Waals surface area contributed by atoms with Crippen LogP contribution in [0, 0.1) is 0 Å². The first-order chi connectivity index (χ1) is 12.0. The molecule has 1 aliphatic carbocycles. The molecule has 0 unspecified atom stereocenters. The zero-order valence-corrected chi connectivity index (χ0v) is 14.1. The van der Waals surface area contributed by atoms with Crippen molar-refractivity contribution < 1.29 is 19.4 Å². The van der Waals surface area contributed by atoms with Crippen LogP contribution in [0.5, 0.6) is 5.75 Å². The number of hydrogen-bond acceptors (Lipinski definition) is 4. The Balaban J connectivity index is 1.64. The summed E-state index contributed by atoms with van der Waals surface area (Å²) in [6.07, 6.45) is 2.03. The summed E-state index contributed by atoms with van der Waals surface area (Å²) in [5, 5.41) is 12.8. The summed E-state index contributed by atoms with van der Waals surface area (Å²) in [7, 11) is 0. The van der Waals surface area contributed by atoms with Crippen molar-refractivity contribution in [3.8, 4) is 5.75 Å². The lowest BCUT2D eigenvalue weighted by Gasteiger charge is -2.23. The van der Waals surface area contributed by atoms with Gasteiger partial charge in [0.15, 0.2) is 12.4 Å². The summed E-state index contributed by atoms with van der Waals surface area (Å²) in [5.41, 5.74) is 2.97. The second kappa shape index (κ2) is 7.49. The highest BCUT2D eigenvalue weighted by Gasteiger charge is 2.21. The van der Waals surface area contributed by atoms with Gasteiger partial charge in [-0.15, -0.1) is 0 Å². The molecule has 1 aliphatic rings. The van der Waals surface area contributed by atoms with Gasteiger partial charge in [-0.1, -0.05) is 24.3 Å². The Morgan fingerprint density at radius 1 is 1.24 bits per heavy atom. The number of amides is 1. The third-order valence-corrected chi connectivity index (χ3v) is 4.34. The van der Waals surface area contributed by atoms with Crippen molar-refractivity contribution in [1.29, 1.82) is 0 Å². The Hall–Kier alpha value is -2.66. The fourth-order valence-corrected chi connectivity index (χ4v) is 3.08. The molecule has 25 heavy (non-hydrogen) atoms. The molecule has 3 rings (SSSR count). The van der Waals surface area contributed by atoms with E-state index in [0.717, 1.165) is 30.4 Å². The topological polar surface area (TPSA) is 75.6 Å². The Morgan fingerprint density at radius 2 is 2.04 bits per heavy atom. The molecule has 5 nitrogen and oxygen atoms in total. The molecule has 0 aromatic heterocycles. The number of rotatable bonds is 5. The molecule has 1 amide bonds. The van der Waals surface area contributed by atoms with Gasteiger partial charge in [-0.25, -0.2) is 0 Å². The number of hydrogen-bond donors (Lipinski definition) is 2. The molecule has 2 aromatic carbocycles. The van der Waals surface area contributed by atoms with E-state index in [9.17, 15) is 14.7 Å². The predicted molar refractivity (Wildman–Crippen MR) is 94.9 cm³/mol. The molecular weight excluding hydrogens is 318 g/mol. The second-order valence-corrected chi connectivity index (χ2v) is 6.21. The Labute approximate surface area is 146 Å². The van der Waals surface area contributed by atoms with E-state index >= 15 is 0 Å². The van der Waals surface area contributed by atoms with Crippen molar-refractivity contribution in [1.82, 2.24) is 0 Å². The summed E-state index contributed by atoms with van der Waals surface area (Å²) in [4.78, 5) is 23.5. The fraction of sp³-hybridized carbons (Fsp3) is 0.300. The van der Waals surface area contributed by atoms with E-state index in [1.54, 1.807) is 24.3 Å². The van der Waals surface area contributed by atoms with Gasteiger partial charge in [-0.3, -0.25) is 9.59 Å². The largest absolute Gasteiger partial charge is 0.483 e. The number of fused-ring (bicyclic) bond motifs is 1. The number of carbonyl (C=O) groups is 2. The molecule has 0 bridgehead atoms. The average molecular weight is 339 g/mol. The molecule has 0 fully saturated rings. The summed E-state index contributed by atoms with van der Waals surface area (Å²) in [6, 6.07) is 12.3. The maximum absolute atomic E-state index is 12.1. The fourth-order valence-electron chi connectivity index (χ4n) is 3.08. The number of carbonyl (C=O) groups excluding carboxylic acids is 2. The highest BCUT2D eigenvalue weighted by molar-refractivity contribution is 5.97. The van der Waals surface area contributed by atoms with Gasteiger partial charge in [-0.2, -0.15) is 0 Å². The zero-order chi connectivity index (χ0) is 17.8. The predicted octanol–water partition coefficient (Wildman–Crippen LogP) is 3.28. The number of ketones is 1. The summed E-state index contributed by atoms with van der Waals surface area (Å²) >= 11 is 0. The number of aliphatic hydroxyl groups excluding tert-OH is 1. The second-order valence-electron chi connectivity index (χ2n) is 6.21. The average Bonchev–Trinajstić information content (AvgIpc) is 2.60. The maximum atomic E-state index is 12.1. The van der Waals surface area contributed by atoms with Gasteiger partial charge >= 0.3 is 0 Å². The summed E-state index contributed by atoms with van der Waals surface area (Å²) < 4.78 is 5.67. The van der Waals surface area contributed by atoms with E-state index in [4.69, 9.17) is 4.74 Å². The molecule has 0 aliphatic heterocycles. The van der Waals surface area contributed by atoms with E-state index in [2.05, 4.69) is 5.32 Å². The van der Waals surface area contributed by atoms with Crippen molar-refractivity contribution in [3.05, 3.63) is 59.2 Å². The molecule has 130 valence electrons. The number of aliphatic hydroxyl groups is 1. The summed E-state index contributed by atoms with van der Waals surface area (Å²) in [5.74, 6) is 0.292. The summed E-state index contributed by atoms with van der Waals surface area (Å²) in [6.45, 7) is 1.36. The van der Waals surface area contributed by atoms with Crippen LogP contribution in [-0.4, -0.2) is 23.4 Å². The number of nitrogens with one attached hydrogen (secondary N) is 1. The molecular formula is C20H21NO4. The highest BCUT2D eigenvalue weighted by Crippen LogP contribution is 2.35. The van der Waals surface area contributed by atoms with Gasteiger partial charge < -0.3 is 15.2 Å². The monoisotopic (exact) mass is 339 g/mol. The van der Waals surface area contributed by atoms with E-state index in [1.807, 2.05) is 18.2 Å². The molecule has 0 radical (unpaired) electrons. The molecule has 2 aromatic rings. The smallest absolute Gasteiger partial charge is 0.262 e. The number of Topliss-reactive ketones (excluding diaryl/α,β-unsaturated/α-hetero) is 1. The van der Waals surface area contributed by atoms with Crippen LogP contribution in [0.4, 0.5) is 5.69 Å². The quantitative estimate of drug-likeness (QED) is 0.820. The van der Waals surface area contributed by atoms with Gasteiger partial charge in [0.1, 0.15) is 5.75 Å². The van der Waals surface area contributed by atoms with Gasteiger partial charge in [0.25, 0.3) is 5.91 Å². The van der Waals surface area contributed by atoms with Crippen LogP contribution < -0.4 is 10.1 Å². The lowest BCUT2D eigenvalue weighted by Crippen LogP contribution is -2.21. The Morgan fingerprint density at radius 3 is 2.84 bits per heavy atom. The SMILES string of the molecule is CC(=O)c1cccc(NC(=O)COc2cccc3c2CCC[C@H]3O)c1. The Kier molecular flexibility index (Phi) is 5.14. The van der Waals surface area contributed by atoms with Crippen molar-refractivity contribution >= 4 is 17.4 Å². The van der Waals surface area contributed by atoms with E-state index < -0.39 is 6.10 Å². The van der Waals surface area contributed by atoms with Crippen molar-refractivity contribution in [2.24, 2.45) is 0 Å². The van der Waals surface area contributed by atoms with Crippen LogP contribution in [0.3, 0.4) is 0 Å². The van der Waals surface area contributed by atoms with E-state index in [1.165, 1.54) is 6.92 Å². The molecule has 0 heterocycles. The Bertz CT molecular complexity index is 800. The number of ether oxygens (including phenoxy) is 1. The highest BCUT2D eigenvalue weighted by atomic mass is 16.5. The first kappa shape index (κ1) is 17.2. The minimum Gasteiger partial charge on any atom is -0.483 e. The third kappa shape index (κ3) is 4.06. The van der Waals surface area contributed by atoms with Crippen molar-refractivity contribution in [2.75, 3.05) is 11.9 Å². The standard InChI is InChI=1S/C20H21NO4/c1-13(22)14-5-2-6-15(11-14)21-20(24)12-25-19-10-4-7-16-17(19)8-3-9-18(16)23/h2,4-7,10-11,18,23H,3,8-9,12H2,1H3,(H,21,24)/t18-/m1/s1. The maximum Gasteiger partial charge on any atom is 0.262 e. The molecule has 0 spiro atoms. The van der Waals surface area contributed by atoms with Crippen molar-refractivity contribution in [2.45, 2.75) is 32.3 Å². The van der Waals surface area contributed by atoms with Gasteiger partial charge in [0, 0.05) is 11.3 Å². The van der Waals surface area contributed by atoms with Crippen LogP contribution in [0.1, 0.15) is 47.4 Å². The van der Waals surface area contributed by atoms with E-state index in [0.29, 0.717) is 17.0 Å². The first-order valence-electron chi connectivity index (χ1n) is 8.38. The van der Waals surface area contributed by atoms with Crippen molar-refractivity contribution in [3.63, 3.8) is 0 Å². The van der Waals surface area contributed by atoms with Crippen LogP contribution in [0.25, 0.3) is 0 Å². The van der Waals surface area contributed by atoms with Gasteiger partial charge in [0.05, 0.1) is 6.10 Å². The van der Waals surface area contributed by atoms with Crippen LogP contribution >= 0.6 is 0 Å². The molecule has 0 saturated heterocycles. The normalized spacial score (nSPS) is 16.0. The molecule has 5 heteroatoms. The molecule has 1 atom stereocenters. The zero-order valence-electron chi connectivity index (χ0n) is 14.1. The minimum absolute atomic E-state index is 0.0539. The lowest BCUT2D eigenvalue weighted by molar-refractivity contribution is -0.118. The minimum atomic E-state index is -0.463. The lowest BCUT2D eigenvalue weighted by atomic mass is 9.89. The molecule has 2 N–H and O–H groups in total. The van der Waals surface area contributed by atoms with Gasteiger partial charge in [0.2, 0.25) is 0 Å². The third-order valence-electron chi connectivity index (χ3n) is 4.34. The first-order valence-corrected chi connectivity index (χ1v) is 8.38. The number of anilines is 1.